The number of hydrogen-bond donors (Lipinski definition) is 2. The Morgan fingerprint density at radius 2 is 2.00 bits per heavy atom. The van der Waals surface area contributed by atoms with Crippen molar-refractivity contribution in [1.82, 2.24) is 4.98 Å². The van der Waals surface area contributed by atoms with Crippen LogP contribution in [0.15, 0.2) is 52.7 Å². The average molecular weight is 323 g/mol. The number of rotatable bonds is 4. The summed E-state index contributed by atoms with van der Waals surface area (Å²) >= 11 is 0. The fourth-order valence-corrected chi connectivity index (χ4v) is 2.45. The van der Waals surface area contributed by atoms with Crippen LogP contribution in [0.4, 0.5) is 5.69 Å². The van der Waals surface area contributed by atoms with Crippen molar-refractivity contribution < 1.29 is 14.6 Å². The van der Waals surface area contributed by atoms with E-state index in [9.17, 15) is 9.90 Å². The Kier molecular flexibility index (Phi) is 4.29. The van der Waals surface area contributed by atoms with Crippen LogP contribution in [0.3, 0.4) is 0 Å². The molecule has 1 amide bonds. The minimum absolute atomic E-state index is 0.122. The van der Waals surface area contributed by atoms with Crippen molar-refractivity contribution in [3.05, 3.63) is 53.6 Å². The molecule has 0 atom stereocenters. The Labute approximate surface area is 138 Å². The second-order valence-electron chi connectivity index (χ2n) is 5.52. The minimum Gasteiger partial charge on any atom is -0.493 e. The van der Waals surface area contributed by atoms with Crippen molar-refractivity contribution in [3.63, 3.8) is 0 Å². The van der Waals surface area contributed by atoms with E-state index in [2.05, 4.69) is 15.2 Å². The molecule has 0 radical (unpaired) electrons. The zero-order chi connectivity index (χ0) is 17.1. The molecule has 2 aromatic carbocycles. The summed E-state index contributed by atoms with van der Waals surface area (Å²) in [4.78, 5) is 14.6. The first-order valence-electron chi connectivity index (χ1n) is 7.49. The summed E-state index contributed by atoms with van der Waals surface area (Å²) in [6.07, 6.45) is 0. The molecule has 0 aliphatic heterocycles. The fourth-order valence-electron chi connectivity index (χ4n) is 2.45. The van der Waals surface area contributed by atoms with E-state index in [4.69, 9.17) is 4.74 Å². The standard InChI is InChI=1S/C18H17N3O3/c1-11-7-8-15(12(2)9-11)24-10-16(22)20-21-17-13-5-3-4-6-14(13)19-18(17)23/h3-9,19,23H,10H2,1-2H3. The molecule has 3 aromatic rings. The lowest BCUT2D eigenvalue weighted by Crippen LogP contribution is -2.08. The molecule has 1 heterocycles. The van der Waals surface area contributed by atoms with Gasteiger partial charge in [-0.15, -0.1) is 10.2 Å². The number of amides is 1. The third-order valence-corrected chi connectivity index (χ3v) is 3.60. The number of nitrogens with one attached hydrogen (secondary N) is 1. The van der Waals surface area contributed by atoms with Crippen LogP contribution < -0.4 is 4.74 Å². The van der Waals surface area contributed by atoms with Gasteiger partial charge in [0.1, 0.15) is 5.75 Å². The van der Waals surface area contributed by atoms with Gasteiger partial charge in [0, 0.05) is 5.39 Å². The lowest BCUT2D eigenvalue weighted by atomic mass is 10.1. The number of aromatic nitrogens is 1. The van der Waals surface area contributed by atoms with E-state index in [1.54, 1.807) is 12.1 Å². The van der Waals surface area contributed by atoms with E-state index in [0.717, 1.165) is 16.6 Å². The second-order valence-corrected chi connectivity index (χ2v) is 5.52. The first-order valence-corrected chi connectivity index (χ1v) is 7.49. The third kappa shape index (κ3) is 3.27. The largest absolute Gasteiger partial charge is 0.493 e. The van der Waals surface area contributed by atoms with Crippen LogP contribution in [0, 0.1) is 13.8 Å². The molecule has 3 rings (SSSR count). The Morgan fingerprint density at radius 3 is 2.79 bits per heavy atom. The van der Waals surface area contributed by atoms with Crippen molar-refractivity contribution in [2.75, 3.05) is 6.61 Å². The molecule has 6 nitrogen and oxygen atoms in total. The van der Waals surface area contributed by atoms with Gasteiger partial charge in [0.05, 0.1) is 5.52 Å². The van der Waals surface area contributed by atoms with Gasteiger partial charge < -0.3 is 14.8 Å². The van der Waals surface area contributed by atoms with E-state index >= 15 is 0 Å². The Bertz CT molecular complexity index is 928. The number of carbonyl (C=O) groups is 1. The highest BCUT2D eigenvalue weighted by Crippen LogP contribution is 2.35. The number of azo groups is 1. The number of carbonyl (C=O) groups excluding carboxylic acids is 1. The molecule has 0 bridgehead atoms. The fraction of sp³-hybridized carbons (Fsp3) is 0.167. The van der Waals surface area contributed by atoms with Crippen LogP contribution in [0.2, 0.25) is 0 Å². The predicted octanol–water partition coefficient (Wildman–Crippen LogP) is 4.18. The minimum atomic E-state index is -0.528. The topological polar surface area (TPSA) is 87.0 Å². The van der Waals surface area contributed by atoms with Gasteiger partial charge in [0.15, 0.2) is 12.3 Å². The number of nitrogens with zero attached hydrogens (tertiary/aromatic N) is 2. The molecule has 24 heavy (non-hydrogen) atoms. The summed E-state index contributed by atoms with van der Waals surface area (Å²) in [5.41, 5.74) is 3.04. The van der Waals surface area contributed by atoms with E-state index in [1.807, 2.05) is 44.2 Å². The van der Waals surface area contributed by atoms with Crippen LogP contribution in [-0.2, 0) is 4.79 Å². The van der Waals surface area contributed by atoms with Gasteiger partial charge in [-0.05, 0) is 31.5 Å². The second kappa shape index (κ2) is 6.54. The highest BCUT2D eigenvalue weighted by Gasteiger charge is 2.10. The summed E-state index contributed by atoms with van der Waals surface area (Å²) in [7, 11) is 0. The quantitative estimate of drug-likeness (QED) is 0.706. The molecule has 0 unspecified atom stereocenters. The van der Waals surface area contributed by atoms with Crippen LogP contribution in [0.5, 0.6) is 11.6 Å². The third-order valence-electron chi connectivity index (χ3n) is 3.60. The highest BCUT2D eigenvalue weighted by molar-refractivity contribution is 5.94. The number of benzene rings is 2. The molecular weight excluding hydrogens is 306 g/mol. The number of aromatic amines is 1. The Morgan fingerprint density at radius 1 is 1.21 bits per heavy atom. The van der Waals surface area contributed by atoms with Gasteiger partial charge in [-0.2, -0.15) is 0 Å². The average Bonchev–Trinajstić information content (AvgIpc) is 2.87. The van der Waals surface area contributed by atoms with Crippen LogP contribution in [-0.4, -0.2) is 22.6 Å². The lowest BCUT2D eigenvalue weighted by Gasteiger charge is -2.07. The predicted molar refractivity (Wildman–Crippen MR) is 90.9 cm³/mol. The number of aromatic hydroxyl groups is 1. The SMILES string of the molecule is Cc1ccc(OCC(=O)N=Nc2c(O)[nH]c3ccccc23)c(C)c1. The molecule has 0 aliphatic carbocycles. The van der Waals surface area contributed by atoms with E-state index < -0.39 is 5.91 Å². The maximum atomic E-state index is 11.9. The monoisotopic (exact) mass is 323 g/mol. The number of para-hydroxylation sites is 1. The zero-order valence-electron chi connectivity index (χ0n) is 13.4. The van der Waals surface area contributed by atoms with Crippen molar-refractivity contribution >= 4 is 22.5 Å². The summed E-state index contributed by atoms with van der Waals surface area (Å²) < 4.78 is 5.47. The van der Waals surface area contributed by atoms with Crippen molar-refractivity contribution in [1.29, 1.82) is 0 Å². The van der Waals surface area contributed by atoms with Crippen LogP contribution in [0.25, 0.3) is 10.9 Å². The van der Waals surface area contributed by atoms with Gasteiger partial charge in [-0.1, -0.05) is 35.9 Å². The van der Waals surface area contributed by atoms with Gasteiger partial charge >= 0.3 is 5.91 Å². The lowest BCUT2D eigenvalue weighted by molar-refractivity contribution is -0.120. The Balaban J connectivity index is 1.70. The van der Waals surface area contributed by atoms with Crippen LogP contribution >= 0.6 is 0 Å². The van der Waals surface area contributed by atoms with E-state index in [1.165, 1.54) is 0 Å². The summed E-state index contributed by atoms with van der Waals surface area (Å²) in [5, 5.41) is 18.0. The molecule has 0 spiro atoms. The normalized spacial score (nSPS) is 11.2. The van der Waals surface area contributed by atoms with E-state index in [0.29, 0.717) is 11.1 Å². The first kappa shape index (κ1) is 15.7. The molecule has 2 N–H and O–H groups in total. The Hall–Kier alpha value is -3.15. The highest BCUT2D eigenvalue weighted by atomic mass is 16.5. The van der Waals surface area contributed by atoms with Crippen molar-refractivity contribution in [3.8, 4) is 11.6 Å². The molecule has 0 aliphatic rings. The smallest absolute Gasteiger partial charge is 0.302 e. The zero-order valence-corrected chi connectivity index (χ0v) is 13.4. The van der Waals surface area contributed by atoms with Crippen molar-refractivity contribution in [2.24, 2.45) is 10.2 Å². The van der Waals surface area contributed by atoms with Crippen LogP contribution in [0.1, 0.15) is 11.1 Å². The van der Waals surface area contributed by atoms with Gasteiger partial charge in [0.2, 0.25) is 5.88 Å². The molecule has 0 saturated carbocycles. The molecule has 0 fully saturated rings. The number of H-pyrrole nitrogens is 1. The summed E-state index contributed by atoms with van der Waals surface area (Å²) in [5.74, 6) is -0.0122. The molecular formula is C18H17N3O3. The summed E-state index contributed by atoms with van der Waals surface area (Å²) in [6.45, 7) is 3.69. The van der Waals surface area contributed by atoms with E-state index in [-0.39, 0.29) is 18.2 Å². The molecule has 6 heteroatoms. The van der Waals surface area contributed by atoms with Gasteiger partial charge in [0.25, 0.3) is 0 Å². The number of ether oxygens (including phenoxy) is 1. The number of aryl methyl sites for hydroxylation is 2. The number of hydrogen-bond acceptors (Lipinski definition) is 4. The molecule has 1 aromatic heterocycles. The van der Waals surface area contributed by atoms with Crippen molar-refractivity contribution in [2.45, 2.75) is 13.8 Å². The number of fused-ring (bicyclic) bond motifs is 1. The van der Waals surface area contributed by atoms with Gasteiger partial charge in [-0.25, -0.2) is 0 Å². The van der Waals surface area contributed by atoms with Gasteiger partial charge in [-0.3, -0.25) is 4.79 Å². The molecule has 0 saturated heterocycles. The summed E-state index contributed by atoms with van der Waals surface area (Å²) in [6, 6.07) is 13.0. The maximum absolute atomic E-state index is 11.9. The maximum Gasteiger partial charge on any atom is 0.302 e. The molecule has 122 valence electrons. The first-order chi connectivity index (χ1) is 11.5.